The van der Waals surface area contributed by atoms with Gasteiger partial charge in [-0.3, -0.25) is 9.59 Å². The van der Waals surface area contributed by atoms with Gasteiger partial charge in [-0.2, -0.15) is 0 Å². The number of carbonyl (C=O) groups excluding carboxylic acids is 1. The number of aromatic amines is 1. The van der Waals surface area contributed by atoms with Crippen LogP contribution in [-0.4, -0.2) is 46.5 Å². The Kier molecular flexibility index (Phi) is 5.11. The van der Waals surface area contributed by atoms with E-state index in [0.717, 1.165) is 13.1 Å². The molecule has 6 nitrogen and oxygen atoms in total. The van der Waals surface area contributed by atoms with Crippen LogP contribution in [-0.2, 0) is 11.2 Å². The number of piperazine rings is 1. The summed E-state index contributed by atoms with van der Waals surface area (Å²) < 4.78 is 0. The van der Waals surface area contributed by atoms with Gasteiger partial charge in [0.25, 0.3) is 5.56 Å². The van der Waals surface area contributed by atoms with Crippen molar-refractivity contribution >= 4 is 11.6 Å². The van der Waals surface area contributed by atoms with Gasteiger partial charge in [0.1, 0.15) is 5.82 Å². The summed E-state index contributed by atoms with van der Waals surface area (Å²) in [6.45, 7) is 9.90. The van der Waals surface area contributed by atoms with E-state index in [9.17, 15) is 9.59 Å². The third-order valence-corrected chi connectivity index (χ3v) is 5.02. The van der Waals surface area contributed by atoms with Gasteiger partial charge < -0.3 is 14.8 Å². The molecular formula is C20H26N4O2. The molecule has 0 saturated carbocycles. The zero-order valence-electron chi connectivity index (χ0n) is 15.9. The fourth-order valence-corrected chi connectivity index (χ4v) is 3.53. The minimum Gasteiger partial charge on any atom is -0.368 e. The number of hydrogen-bond acceptors (Lipinski definition) is 4. The molecule has 0 unspecified atom stereocenters. The smallest absolute Gasteiger partial charge is 0.254 e. The molecule has 1 aliphatic rings. The van der Waals surface area contributed by atoms with E-state index in [0.29, 0.717) is 23.6 Å². The SMILES string of the molecule is Cc1ccc(N2CCN(C(=O)Cc3c(C)nc(C)[nH]c3=O)[C@H](C)C2)cc1. The van der Waals surface area contributed by atoms with Crippen molar-refractivity contribution in [2.24, 2.45) is 0 Å². The van der Waals surface area contributed by atoms with Crippen molar-refractivity contribution in [3.05, 3.63) is 57.3 Å². The van der Waals surface area contributed by atoms with Crippen LogP contribution in [0.25, 0.3) is 0 Å². The van der Waals surface area contributed by atoms with E-state index >= 15 is 0 Å². The van der Waals surface area contributed by atoms with Gasteiger partial charge in [0.2, 0.25) is 5.91 Å². The summed E-state index contributed by atoms with van der Waals surface area (Å²) >= 11 is 0. The van der Waals surface area contributed by atoms with Crippen LogP contribution in [0.1, 0.15) is 29.6 Å². The van der Waals surface area contributed by atoms with Crippen molar-refractivity contribution in [2.75, 3.05) is 24.5 Å². The lowest BCUT2D eigenvalue weighted by Crippen LogP contribution is -2.54. The standard InChI is InChI=1S/C20H26N4O2/c1-13-5-7-17(8-6-13)23-9-10-24(14(2)12-23)19(25)11-18-15(3)21-16(4)22-20(18)26/h5-8,14H,9-12H2,1-4H3,(H,21,22,26)/t14-/m1/s1. The molecule has 2 heterocycles. The van der Waals surface area contributed by atoms with Crippen LogP contribution in [0.3, 0.4) is 0 Å². The number of H-pyrrole nitrogens is 1. The number of rotatable bonds is 3. The number of aryl methyl sites for hydroxylation is 3. The highest BCUT2D eigenvalue weighted by molar-refractivity contribution is 5.79. The Bertz CT molecular complexity index is 857. The lowest BCUT2D eigenvalue weighted by molar-refractivity contribution is -0.132. The lowest BCUT2D eigenvalue weighted by Gasteiger charge is -2.41. The summed E-state index contributed by atoms with van der Waals surface area (Å²) in [7, 11) is 0. The van der Waals surface area contributed by atoms with Crippen LogP contribution < -0.4 is 10.5 Å². The first-order valence-electron chi connectivity index (χ1n) is 9.02. The summed E-state index contributed by atoms with van der Waals surface area (Å²) in [6, 6.07) is 8.56. The summed E-state index contributed by atoms with van der Waals surface area (Å²) in [4.78, 5) is 36.1. The van der Waals surface area contributed by atoms with Crippen molar-refractivity contribution in [3.8, 4) is 0 Å². The van der Waals surface area contributed by atoms with Gasteiger partial charge in [-0.15, -0.1) is 0 Å². The molecule has 2 aromatic rings. The molecule has 1 N–H and O–H groups in total. The van der Waals surface area contributed by atoms with E-state index in [1.165, 1.54) is 11.3 Å². The third kappa shape index (κ3) is 3.79. The normalized spacial score (nSPS) is 17.5. The molecule has 0 aliphatic carbocycles. The Morgan fingerprint density at radius 1 is 1.19 bits per heavy atom. The number of nitrogens with zero attached hydrogens (tertiary/aromatic N) is 3. The van der Waals surface area contributed by atoms with Crippen molar-refractivity contribution in [1.29, 1.82) is 0 Å². The number of aromatic nitrogens is 2. The van der Waals surface area contributed by atoms with E-state index < -0.39 is 0 Å². The fourth-order valence-electron chi connectivity index (χ4n) is 3.53. The largest absolute Gasteiger partial charge is 0.368 e. The van der Waals surface area contributed by atoms with Crippen LogP contribution in [0.2, 0.25) is 0 Å². The van der Waals surface area contributed by atoms with Gasteiger partial charge in [-0.1, -0.05) is 17.7 Å². The first-order chi connectivity index (χ1) is 12.3. The summed E-state index contributed by atoms with van der Waals surface area (Å²) in [5, 5.41) is 0. The average molecular weight is 354 g/mol. The van der Waals surface area contributed by atoms with E-state index in [-0.39, 0.29) is 23.9 Å². The predicted molar refractivity (Wildman–Crippen MR) is 103 cm³/mol. The van der Waals surface area contributed by atoms with Crippen molar-refractivity contribution in [2.45, 2.75) is 40.2 Å². The molecule has 1 amide bonds. The van der Waals surface area contributed by atoms with E-state index in [1.807, 2.05) is 4.90 Å². The highest BCUT2D eigenvalue weighted by Crippen LogP contribution is 2.20. The Morgan fingerprint density at radius 2 is 1.88 bits per heavy atom. The molecule has 0 radical (unpaired) electrons. The number of carbonyl (C=O) groups is 1. The lowest BCUT2D eigenvalue weighted by atomic mass is 10.1. The Morgan fingerprint density at radius 3 is 2.50 bits per heavy atom. The number of nitrogens with one attached hydrogen (secondary N) is 1. The van der Waals surface area contributed by atoms with Gasteiger partial charge in [0.15, 0.2) is 0 Å². The number of amides is 1. The Hall–Kier alpha value is -2.63. The van der Waals surface area contributed by atoms with Gasteiger partial charge in [0, 0.05) is 42.6 Å². The van der Waals surface area contributed by atoms with Crippen LogP contribution >= 0.6 is 0 Å². The molecule has 1 fully saturated rings. The van der Waals surface area contributed by atoms with Gasteiger partial charge in [-0.05, 0) is 39.8 Å². The molecule has 1 aromatic carbocycles. The topological polar surface area (TPSA) is 69.3 Å². The first kappa shape index (κ1) is 18.2. The molecule has 6 heteroatoms. The molecule has 1 saturated heterocycles. The Balaban J connectivity index is 1.69. The molecule has 1 aliphatic heterocycles. The van der Waals surface area contributed by atoms with E-state index in [1.54, 1.807) is 13.8 Å². The molecule has 3 rings (SSSR count). The number of anilines is 1. The minimum absolute atomic E-state index is 0.0136. The van der Waals surface area contributed by atoms with Crippen molar-refractivity contribution in [1.82, 2.24) is 14.9 Å². The second-order valence-corrected chi connectivity index (χ2v) is 7.11. The second-order valence-electron chi connectivity index (χ2n) is 7.11. The van der Waals surface area contributed by atoms with Crippen LogP contribution in [0.15, 0.2) is 29.1 Å². The zero-order chi connectivity index (χ0) is 18.8. The number of benzene rings is 1. The average Bonchev–Trinajstić information content (AvgIpc) is 2.58. The Labute approximate surface area is 153 Å². The van der Waals surface area contributed by atoms with Crippen LogP contribution in [0.5, 0.6) is 0 Å². The van der Waals surface area contributed by atoms with Crippen molar-refractivity contribution in [3.63, 3.8) is 0 Å². The summed E-state index contributed by atoms with van der Waals surface area (Å²) in [5.41, 5.74) is 3.31. The van der Waals surface area contributed by atoms with Gasteiger partial charge in [0.05, 0.1) is 6.42 Å². The maximum absolute atomic E-state index is 12.8. The molecule has 26 heavy (non-hydrogen) atoms. The first-order valence-corrected chi connectivity index (χ1v) is 9.02. The molecule has 1 atom stereocenters. The molecule has 1 aromatic heterocycles. The summed E-state index contributed by atoms with van der Waals surface area (Å²) in [6.07, 6.45) is 0.101. The molecule has 0 bridgehead atoms. The monoisotopic (exact) mass is 354 g/mol. The zero-order valence-corrected chi connectivity index (χ0v) is 15.9. The maximum atomic E-state index is 12.8. The van der Waals surface area contributed by atoms with E-state index in [4.69, 9.17) is 0 Å². The van der Waals surface area contributed by atoms with Crippen LogP contribution in [0, 0.1) is 20.8 Å². The second kappa shape index (κ2) is 7.32. The molecule has 0 spiro atoms. The minimum atomic E-state index is -0.214. The van der Waals surface area contributed by atoms with Gasteiger partial charge in [-0.25, -0.2) is 4.98 Å². The quantitative estimate of drug-likeness (QED) is 0.915. The maximum Gasteiger partial charge on any atom is 0.254 e. The fraction of sp³-hybridized carbons (Fsp3) is 0.450. The highest BCUT2D eigenvalue weighted by Gasteiger charge is 2.28. The molecular weight excluding hydrogens is 328 g/mol. The van der Waals surface area contributed by atoms with Crippen molar-refractivity contribution < 1.29 is 4.79 Å². The van der Waals surface area contributed by atoms with Crippen LogP contribution in [0.4, 0.5) is 5.69 Å². The predicted octanol–water partition coefficient (Wildman–Crippen LogP) is 1.97. The van der Waals surface area contributed by atoms with Gasteiger partial charge >= 0.3 is 0 Å². The number of hydrogen-bond donors (Lipinski definition) is 1. The molecule has 138 valence electrons. The summed E-state index contributed by atoms with van der Waals surface area (Å²) in [5.74, 6) is 0.559. The highest BCUT2D eigenvalue weighted by atomic mass is 16.2. The van der Waals surface area contributed by atoms with E-state index in [2.05, 4.69) is 53.0 Å². The third-order valence-electron chi connectivity index (χ3n) is 5.02.